The van der Waals surface area contributed by atoms with E-state index in [2.05, 4.69) is 53.6 Å². The van der Waals surface area contributed by atoms with Crippen molar-refractivity contribution < 1.29 is 0 Å². The molecule has 1 N–H and O–H groups in total. The first-order valence-electron chi connectivity index (χ1n) is 9.22. The zero-order chi connectivity index (χ0) is 18.1. The van der Waals surface area contributed by atoms with Gasteiger partial charge in [-0.2, -0.15) is 5.10 Å². The molecule has 0 amide bonds. The van der Waals surface area contributed by atoms with Gasteiger partial charge in [0.15, 0.2) is 0 Å². The zero-order valence-electron chi connectivity index (χ0n) is 14.9. The highest BCUT2D eigenvalue weighted by Crippen LogP contribution is 2.29. The Balaban J connectivity index is 1.22. The van der Waals surface area contributed by atoms with E-state index in [0.29, 0.717) is 5.92 Å². The summed E-state index contributed by atoms with van der Waals surface area (Å²) in [6.07, 6.45) is 7.81. The van der Waals surface area contributed by atoms with Gasteiger partial charge in [-0.1, -0.05) is 0 Å². The molecular weight excluding hydrogens is 356 g/mol. The van der Waals surface area contributed by atoms with Crippen LogP contribution in [0, 0.1) is 0 Å². The van der Waals surface area contributed by atoms with Crippen LogP contribution in [0.15, 0.2) is 48.2 Å². The van der Waals surface area contributed by atoms with Crippen molar-refractivity contribution >= 4 is 21.6 Å². The molecule has 0 spiro atoms. The molecule has 27 heavy (non-hydrogen) atoms. The summed E-state index contributed by atoms with van der Waals surface area (Å²) in [4.78, 5) is 15.8. The summed E-state index contributed by atoms with van der Waals surface area (Å²) in [6, 6.07) is 8.24. The van der Waals surface area contributed by atoms with Crippen molar-refractivity contribution in [1.82, 2.24) is 30.0 Å². The third kappa shape index (κ3) is 3.48. The van der Waals surface area contributed by atoms with Crippen molar-refractivity contribution in [3.05, 3.63) is 59.8 Å². The normalized spacial score (nSPS) is 16.1. The highest BCUT2D eigenvalue weighted by atomic mass is 32.1. The van der Waals surface area contributed by atoms with Crippen LogP contribution >= 0.6 is 11.3 Å². The number of pyridine rings is 1. The van der Waals surface area contributed by atoms with Crippen LogP contribution < -0.4 is 0 Å². The molecule has 0 atom stereocenters. The molecule has 4 aromatic heterocycles. The van der Waals surface area contributed by atoms with E-state index in [1.807, 2.05) is 18.5 Å². The minimum Gasteiger partial charge on any atom is -0.296 e. The first-order valence-corrected chi connectivity index (χ1v) is 10.1. The Bertz CT molecular complexity index is 1030. The molecule has 1 fully saturated rings. The maximum Gasteiger partial charge on any atom is 0.143 e. The van der Waals surface area contributed by atoms with Crippen LogP contribution in [0.2, 0.25) is 0 Å². The minimum absolute atomic E-state index is 0.503. The van der Waals surface area contributed by atoms with Gasteiger partial charge in [0.1, 0.15) is 5.82 Å². The number of nitrogens with zero attached hydrogens (tertiary/aromatic N) is 5. The van der Waals surface area contributed by atoms with Crippen LogP contribution in [-0.2, 0) is 6.54 Å². The third-order valence-electron chi connectivity index (χ3n) is 5.19. The van der Waals surface area contributed by atoms with Gasteiger partial charge in [0.05, 0.1) is 28.1 Å². The molecule has 0 radical (unpaired) electrons. The standard InChI is InChI=1S/C20H20N6S/c1-2-15(11-21-6-1)18-10-17(24-25-18)14-3-7-26(8-4-14)13-20-22-12-19-16(23-20)5-9-27-19/h1-2,5-6,9-12,14H,3-4,7-8,13H2,(H,24,25). The third-order valence-corrected chi connectivity index (χ3v) is 6.04. The lowest BCUT2D eigenvalue weighted by Crippen LogP contribution is -2.33. The number of piperidine rings is 1. The summed E-state index contributed by atoms with van der Waals surface area (Å²) in [5, 5.41) is 9.79. The van der Waals surface area contributed by atoms with Crippen LogP contribution in [-0.4, -0.2) is 43.1 Å². The molecule has 1 aliphatic heterocycles. The van der Waals surface area contributed by atoms with Crippen molar-refractivity contribution in [2.45, 2.75) is 25.3 Å². The molecule has 4 aromatic rings. The summed E-state index contributed by atoms with van der Waals surface area (Å²) in [6.45, 7) is 2.91. The molecule has 0 saturated carbocycles. The number of aromatic amines is 1. The lowest BCUT2D eigenvalue weighted by molar-refractivity contribution is 0.199. The summed E-state index contributed by atoms with van der Waals surface area (Å²) in [5.41, 5.74) is 4.33. The number of fused-ring (bicyclic) bond motifs is 1. The van der Waals surface area contributed by atoms with Crippen molar-refractivity contribution in [1.29, 1.82) is 0 Å². The van der Waals surface area contributed by atoms with Crippen LogP contribution in [0.1, 0.15) is 30.3 Å². The molecule has 7 heteroatoms. The minimum atomic E-state index is 0.503. The number of hydrogen-bond acceptors (Lipinski definition) is 6. The van der Waals surface area contributed by atoms with Gasteiger partial charge in [-0.3, -0.25) is 15.0 Å². The number of rotatable bonds is 4. The predicted octanol–water partition coefficient (Wildman–Crippen LogP) is 3.86. The molecular formula is C20H20N6S. The quantitative estimate of drug-likeness (QED) is 0.586. The van der Waals surface area contributed by atoms with Gasteiger partial charge in [0, 0.05) is 30.1 Å². The number of likely N-dealkylation sites (tertiary alicyclic amines) is 1. The summed E-state index contributed by atoms with van der Waals surface area (Å²) in [5.74, 6) is 1.42. The van der Waals surface area contributed by atoms with E-state index >= 15 is 0 Å². The maximum atomic E-state index is 4.68. The van der Waals surface area contributed by atoms with Gasteiger partial charge in [0.2, 0.25) is 0 Å². The molecule has 5 heterocycles. The Labute approximate surface area is 161 Å². The van der Waals surface area contributed by atoms with E-state index in [4.69, 9.17) is 0 Å². The van der Waals surface area contributed by atoms with Crippen molar-refractivity contribution in [3.8, 4) is 11.3 Å². The number of aromatic nitrogens is 5. The molecule has 136 valence electrons. The number of nitrogens with one attached hydrogen (secondary N) is 1. The van der Waals surface area contributed by atoms with Crippen LogP contribution in [0.4, 0.5) is 0 Å². The summed E-state index contributed by atoms with van der Waals surface area (Å²) in [7, 11) is 0. The fraction of sp³-hybridized carbons (Fsp3) is 0.300. The molecule has 1 saturated heterocycles. The largest absolute Gasteiger partial charge is 0.296 e. The number of hydrogen-bond donors (Lipinski definition) is 1. The SMILES string of the molecule is c1cncc(-c2cc(C3CCN(Cc4ncc5sccc5n4)CC3)n[nH]2)c1. The maximum absolute atomic E-state index is 4.68. The second-order valence-electron chi connectivity index (χ2n) is 6.95. The van der Waals surface area contributed by atoms with E-state index in [-0.39, 0.29) is 0 Å². The average Bonchev–Trinajstić information content (AvgIpc) is 3.39. The van der Waals surface area contributed by atoms with E-state index in [1.165, 1.54) is 0 Å². The fourth-order valence-electron chi connectivity index (χ4n) is 3.68. The lowest BCUT2D eigenvalue weighted by atomic mass is 9.93. The van der Waals surface area contributed by atoms with Crippen LogP contribution in [0.25, 0.3) is 21.5 Å². The Kier molecular flexibility index (Phi) is 4.39. The van der Waals surface area contributed by atoms with Gasteiger partial charge < -0.3 is 0 Å². The summed E-state index contributed by atoms with van der Waals surface area (Å²) >= 11 is 1.69. The van der Waals surface area contributed by atoms with Gasteiger partial charge in [-0.15, -0.1) is 11.3 Å². The lowest BCUT2D eigenvalue weighted by Gasteiger charge is -2.30. The Morgan fingerprint density at radius 1 is 1.19 bits per heavy atom. The highest BCUT2D eigenvalue weighted by molar-refractivity contribution is 7.17. The van der Waals surface area contributed by atoms with E-state index < -0.39 is 0 Å². The number of thiophene rings is 1. The molecule has 6 nitrogen and oxygen atoms in total. The topological polar surface area (TPSA) is 70.6 Å². The fourth-order valence-corrected chi connectivity index (χ4v) is 4.38. The molecule has 0 aliphatic carbocycles. The van der Waals surface area contributed by atoms with Crippen molar-refractivity contribution in [2.24, 2.45) is 0 Å². The van der Waals surface area contributed by atoms with Gasteiger partial charge in [-0.25, -0.2) is 9.97 Å². The molecule has 1 aliphatic rings. The van der Waals surface area contributed by atoms with Crippen LogP contribution in [0.3, 0.4) is 0 Å². The Morgan fingerprint density at radius 2 is 2.11 bits per heavy atom. The van der Waals surface area contributed by atoms with E-state index in [1.54, 1.807) is 17.5 Å². The highest BCUT2D eigenvalue weighted by Gasteiger charge is 2.23. The van der Waals surface area contributed by atoms with Crippen molar-refractivity contribution in [2.75, 3.05) is 13.1 Å². The van der Waals surface area contributed by atoms with Gasteiger partial charge in [0.25, 0.3) is 0 Å². The average molecular weight is 376 g/mol. The number of H-pyrrole nitrogens is 1. The molecule has 0 bridgehead atoms. The molecule has 0 unspecified atom stereocenters. The first kappa shape index (κ1) is 16.5. The monoisotopic (exact) mass is 376 g/mol. The predicted molar refractivity (Wildman–Crippen MR) is 106 cm³/mol. The van der Waals surface area contributed by atoms with Crippen molar-refractivity contribution in [3.63, 3.8) is 0 Å². The second kappa shape index (κ2) is 7.17. The van der Waals surface area contributed by atoms with Gasteiger partial charge >= 0.3 is 0 Å². The Morgan fingerprint density at radius 3 is 2.96 bits per heavy atom. The first-order chi connectivity index (χ1) is 13.3. The van der Waals surface area contributed by atoms with Crippen LogP contribution in [0.5, 0.6) is 0 Å². The molecule has 0 aromatic carbocycles. The smallest absolute Gasteiger partial charge is 0.143 e. The molecule has 5 rings (SSSR count). The van der Waals surface area contributed by atoms with Gasteiger partial charge in [-0.05, 0) is 55.6 Å². The zero-order valence-corrected chi connectivity index (χ0v) is 15.7. The van der Waals surface area contributed by atoms with E-state index in [9.17, 15) is 0 Å². The second-order valence-corrected chi connectivity index (χ2v) is 7.90. The Hall–Kier alpha value is -2.64. The van der Waals surface area contributed by atoms with E-state index in [0.717, 1.165) is 65.5 Å². The summed E-state index contributed by atoms with van der Waals surface area (Å²) < 4.78 is 1.15.